The van der Waals surface area contributed by atoms with Crippen LogP contribution in [-0.2, 0) is 0 Å². The molecule has 2 heterocycles. The van der Waals surface area contributed by atoms with Gasteiger partial charge < -0.3 is 0 Å². The second-order valence-electron chi connectivity index (χ2n) is 4.03. The van der Waals surface area contributed by atoms with Crippen LogP contribution < -0.4 is 0 Å². The Balaban J connectivity index is 1.95. The normalized spacial score (nSPS) is 10.2. The number of hydrogen-bond donors (Lipinski definition) is 0. The first-order valence-electron chi connectivity index (χ1n) is 5.85. The molecule has 0 spiro atoms. The zero-order chi connectivity index (χ0) is 12.2. The number of rotatable bonds is 2. The molecule has 2 heteroatoms. The maximum atomic E-state index is 4.50. The summed E-state index contributed by atoms with van der Waals surface area (Å²) in [5.41, 5.74) is 4.38. The Morgan fingerprint density at radius 1 is 0.611 bits per heavy atom. The first kappa shape index (κ1) is 10.7. The standard InChI is InChI=1S/C16H12N2/c1-2-4-13(5-3-1)15-6-7-16(18-12-15)14-8-10-17-11-9-14/h1-12H. The number of pyridine rings is 2. The molecule has 0 amide bonds. The summed E-state index contributed by atoms with van der Waals surface area (Å²) in [6.45, 7) is 0. The largest absolute Gasteiger partial charge is 0.265 e. The van der Waals surface area contributed by atoms with Crippen molar-refractivity contribution in [2.75, 3.05) is 0 Å². The van der Waals surface area contributed by atoms with E-state index in [1.807, 2.05) is 42.6 Å². The third-order valence-electron chi connectivity index (χ3n) is 2.85. The molecule has 0 unspecified atom stereocenters. The van der Waals surface area contributed by atoms with Crippen molar-refractivity contribution in [3.05, 3.63) is 73.2 Å². The quantitative estimate of drug-likeness (QED) is 0.671. The highest BCUT2D eigenvalue weighted by Gasteiger charge is 2.00. The molecule has 0 saturated carbocycles. The van der Waals surface area contributed by atoms with E-state index in [9.17, 15) is 0 Å². The lowest BCUT2D eigenvalue weighted by Crippen LogP contribution is -1.85. The number of nitrogens with zero attached hydrogens (tertiary/aromatic N) is 2. The first-order valence-corrected chi connectivity index (χ1v) is 5.85. The highest BCUT2D eigenvalue weighted by molar-refractivity contribution is 5.66. The van der Waals surface area contributed by atoms with Gasteiger partial charge in [-0.1, -0.05) is 36.4 Å². The molecule has 3 rings (SSSR count). The smallest absolute Gasteiger partial charge is 0.0703 e. The molecule has 0 bridgehead atoms. The van der Waals surface area contributed by atoms with Crippen molar-refractivity contribution >= 4 is 0 Å². The van der Waals surface area contributed by atoms with E-state index in [4.69, 9.17) is 0 Å². The third-order valence-corrected chi connectivity index (χ3v) is 2.85. The van der Waals surface area contributed by atoms with Crippen LogP contribution in [0.5, 0.6) is 0 Å². The van der Waals surface area contributed by atoms with Gasteiger partial charge in [0.25, 0.3) is 0 Å². The summed E-state index contributed by atoms with van der Waals surface area (Å²) in [6.07, 6.45) is 5.47. The minimum Gasteiger partial charge on any atom is -0.265 e. The SMILES string of the molecule is c1ccc(-c2ccc(-c3ccncc3)nc2)cc1. The molecule has 18 heavy (non-hydrogen) atoms. The molecule has 2 aromatic heterocycles. The third kappa shape index (κ3) is 2.13. The van der Waals surface area contributed by atoms with Gasteiger partial charge in [-0.05, 0) is 23.8 Å². The molecule has 0 aliphatic carbocycles. The summed E-state index contributed by atoms with van der Waals surface area (Å²) in [6, 6.07) is 18.3. The van der Waals surface area contributed by atoms with E-state index in [1.54, 1.807) is 12.4 Å². The average molecular weight is 232 g/mol. The minimum absolute atomic E-state index is 0.970. The van der Waals surface area contributed by atoms with E-state index in [2.05, 4.69) is 28.2 Å². The molecule has 3 aromatic rings. The van der Waals surface area contributed by atoms with Crippen LogP contribution in [0.25, 0.3) is 22.4 Å². The summed E-state index contributed by atoms with van der Waals surface area (Å²) in [5, 5.41) is 0. The van der Waals surface area contributed by atoms with E-state index < -0.39 is 0 Å². The highest BCUT2D eigenvalue weighted by atomic mass is 14.7. The molecule has 86 valence electrons. The molecule has 2 nitrogen and oxygen atoms in total. The van der Waals surface area contributed by atoms with Gasteiger partial charge in [-0.25, -0.2) is 0 Å². The molecule has 0 saturated heterocycles. The van der Waals surface area contributed by atoms with Gasteiger partial charge >= 0.3 is 0 Å². The van der Waals surface area contributed by atoms with Crippen LogP contribution >= 0.6 is 0 Å². The van der Waals surface area contributed by atoms with Crippen LogP contribution in [0.1, 0.15) is 0 Å². The number of benzene rings is 1. The van der Waals surface area contributed by atoms with Crippen LogP contribution in [0.3, 0.4) is 0 Å². The van der Waals surface area contributed by atoms with Gasteiger partial charge in [0.05, 0.1) is 5.69 Å². The molecular weight excluding hydrogens is 220 g/mol. The molecule has 0 atom stereocenters. The number of aromatic nitrogens is 2. The summed E-state index contributed by atoms with van der Waals surface area (Å²) in [5.74, 6) is 0. The van der Waals surface area contributed by atoms with Gasteiger partial charge in [-0.3, -0.25) is 9.97 Å². The van der Waals surface area contributed by atoms with Gasteiger partial charge in [0.2, 0.25) is 0 Å². The second-order valence-corrected chi connectivity index (χ2v) is 4.03. The van der Waals surface area contributed by atoms with Gasteiger partial charge in [0.15, 0.2) is 0 Å². The number of hydrogen-bond acceptors (Lipinski definition) is 2. The molecule has 0 aliphatic heterocycles. The maximum absolute atomic E-state index is 4.50. The van der Waals surface area contributed by atoms with Gasteiger partial charge in [0, 0.05) is 29.7 Å². The van der Waals surface area contributed by atoms with E-state index in [-0.39, 0.29) is 0 Å². The molecular formula is C16H12N2. The Hall–Kier alpha value is -2.48. The van der Waals surface area contributed by atoms with Gasteiger partial charge in [-0.15, -0.1) is 0 Å². The Morgan fingerprint density at radius 3 is 2.06 bits per heavy atom. The van der Waals surface area contributed by atoms with Crippen molar-refractivity contribution in [1.82, 2.24) is 9.97 Å². The van der Waals surface area contributed by atoms with Crippen molar-refractivity contribution in [2.24, 2.45) is 0 Å². The highest BCUT2D eigenvalue weighted by Crippen LogP contribution is 2.21. The van der Waals surface area contributed by atoms with E-state index in [1.165, 1.54) is 5.56 Å². The average Bonchev–Trinajstić information content (AvgIpc) is 2.49. The van der Waals surface area contributed by atoms with Crippen molar-refractivity contribution in [1.29, 1.82) is 0 Å². The maximum Gasteiger partial charge on any atom is 0.0703 e. The predicted molar refractivity (Wildman–Crippen MR) is 72.9 cm³/mol. The van der Waals surface area contributed by atoms with Crippen LogP contribution in [0, 0.1) is 0 Å². The Labute approximate surface area is 106 Å². The van der Waals surface area contributed by atoms with Crippen LogP contribution in [-0.4, -0.2) is 9.97 Å². The fourth-order valence-electron chi connectivity index (χ4n) is 1.89. The molecule has 0 aliphatic rings. The Bertz CT molecular complexity index is 558. The summed E-state index contributed by atoms with van der Waals surface area (Å²) >= 11 is 0. The monoisotopic (exact) mass is 232 g/mol. The zero-order valence-electron chi connectivity index (χ0n) is 9.82. The van der Waals surface area contributed by atoms with E-state index >= 15 is 0 Å². The fraction of sp³-hybridized carbons (Fsp3) is 0. The van der Waals surface area contributed by atoms with Crippen LogP contribution in [0.2, 0.25) is 0 Å². The van der Waals surface area contributed by atoms with Crippen molar-refractivity contribution in [2.45, 2.75) is 0 Å². The van der Waals surface area contributed by atoms with E-state index in [0.717, 1.165) is 16.8 Å². The minimum atomic E-state index is 0.970. The van der Waals surface area contributed by atoms with Gasteiger partial charge in [-0.2, -0.15) is 0 Å². The lowest BCUT2D eigenvalue weighted by Gasteiger charge is -2.03. The summed E-state index contributed by atoms with van der Waals surface area (Å²) in [7, 11) is 0. The Morgan fingerprint density at radius 2 is 1.39 bits per heavy atom. The van der Waals surface area contributed by atoms with E-state index in [0.29, 0.717) is 0 Å². The summed E-state index contributed by atoms with van der Waals surface area (Å²) < 4.78 is 0. The topological polar surface area (TPSA) is 25.8 Å². The Kier molecular flexibility index (Phi) is 2.84. The lowest BCUT2D eigenvalue weighted by atomic mass is 10.1. The fourth-order valence-corrected chi connectivity index (χ4v) is 1.89. The van der Waals surface area contributed by atoms with Crippen molar-refractivity contribution in [3.63, 3.8) is 0 Å². The van der Waals surface area contributed by atoms with Crippen molar-refractivity contribution < 1.29 is 0 Å². The van der Waals surface area contributed by atoms with Crippen LogP contribution in [0.4, 0.5) is 0 Å². The zero-order valence-corrected chi connectivity index (χ0v) is 9.82. The summed E-state index contributed by atoms with van der Waals surface area (Å²) in [4.78, 5) is 8.51. The molecule has 1 aromatic carbocycles. The molecule has 0 radical (unpaired) electrons. The molecule has 0 fully saturated rings. The van der Waals surface area contributed by atoms with Gasteiger partial charge in [0.1, 0.15) is 0 Å². The van der Waals surface area contributed by atoms with Crippen molar-refractivity contribution in [3.8, 4) is 22.4 Å². The molecule has 0 N–H and O–H groups in total. The van der Waals surface area contributed by atoms with Crippen LogP contribution in [0.15, 0.2) is 73.2 Å². The first-order chi connectivity index (χ1) is 8.93. The second kappa shape index (κ2) is 4.80. The predicted octanol–water partition coefficient (Wildman–Crippen LogP) is 3.81. The lowest BCUT2D eigenvalue weighted by molar-refractivity contribution is 1.29.